The topological polar surface area (TPSA) is 154 Å². The number of carbonyl (C=O) groups excluding carboxylic acids is 6. The number of fused-ring (bicyclic) bond motifs is 2. The van der Waals surface area contributed by atoms with Crippen LogP contribution in [0, 0.1) is 6.92 Å². The first-order valence-corrected chi connectivity index (χ1v) is 15.9. The Hall–Kier alpha value is -5.84. The number of piperidine rings is 1. The molecule has 2 aliphatic rings. The summed E-state index contributed by atoms with van der Waals surface area (Å²) >= 11 is 0. The van der Waals surface area contributed by atoms with Crippen LogP contribution in [0.2, 0.25) is 0 Å². The molecule has 0 aliphatic carbocycles. The third-order valence-corrected chi connectivity index (χ3v) is 8.69. The van der Waals surface area contributed by atoms with Crippen molar-refractivity contribution in [1.29, 1.82) is 0 Å². The highest BCUT2D eigenvalue weighted by Crippen LogP contribution is 2.32. The lowest BCUT2D eigenvalue weighted by molar-refractivity contribution is -0.136. The lowest BCUT2D eigenvalue weighted by Gasteiger charge is -2.27. The quantitative estimate of drug-likeness (QED) is 0.140. The van der Waals surface area contributed by atoms with E-state index in [0.717, 1.165) is 26.8 Å². The fraction of sp³-hybridized carbons (Fsp3) is 0.243. The van der Waals surface area contributed by atoms with Crippen molar-refractivity contribution in [1.82, 2.24) is 15.5 Å². The predicted molar refractivity (Wildman–Crippen MR) is 181 cm³/mol. The molecule has 11 heteroatoms. The molecule has 2 aliphatic heterocycles. The van der Waals surface area contributed by atoms with Gasteiger partial charge in [-0.15, -0.1) is 0 Å². The number of nitrogens with zero attached hydrogens (tertiary/aromatic N) is 1. The van der Waals surface area contributed by atoms with Gasteiger partial charge in [-0.1, -0.05) is 54.6 Å². The summed E-state index contributed by atoms with van der Waals surface area (Å²) in [6.07, 6.45) is 1.39. The van der Waals surface area contributed by atoms with Crippen LogP contribution in [-0.4, -0.2) is 59.5 Å². The van der Waals surface area contributed by atoms with Crippen LogP contribution in [0.4, 0.5) is 11.4 Å². The van der Waals surface area contributed by atoms with Gasteiger partial charge < -0.3 is 16.0 Å². The summed E-state index contributed by atoms with van der Waals surface area (Å²) in [5, 5.41) is 13.5. The first-order chi connectivity index (χ1) is 23.2. The van der Waals surface area contributed by atoms with Crippen molar-refractivity contribution < 1.29 is 28.8 Å². The van der Waals surface area contributed by atoms with Gasteiger partial charge in [-0.25, -0.2) is 0 Å². The zero-order valence-corrected chi connectivity index (χ0v) is 26.4. The minimum atomic E-state index is -1.05. The second-order valence-electron chi connectivity index (χ2n) is 11.9. The number of rotatable bonds is 11. The average Bonchev–Trinajstić information content (AvgIpc) is 3.33. The normalized spacial score (nSPS) is 15.7. The molecule has 1 atom stereocenters. The van der Waals surface area contributed by atoms with Crippen molar-refractivity contribution >= 4 is 57.6 Å². The Morgan fingerprint density at radius 2 is 1.69 bits per heavy atom. The molecule has 4 aromatic carbocycles. The number of hydrogen-bond acceptors (Lipinski definition) is 7. The molecule has 1 unspecified atom stereocenters. The number of hydrogen-bond donors (Lipinski definition) is 4. The minimum Gasteiger partial charge on any atom is -0.384 e. The summed E-state index contributed by atoms with van der Waals surface area (Å²) in [4.78, 5) is 77.0. The first-order valence-electron chi connectivity index (χ1n) is 15.9. The average molecular weight is 646 g/mol. The molecule has 0 saturated carbocycles. The molecule has 2 heterocycles. The fourth-order valence-corrected chi connectivity index (χ4v) is 6.22. The monoisotopic (exact) mass is 645 g/mol. The summed E-state index contributed by atoms with van der Waals surface area (Å²) in [5.74, 6) is -2.73. The number of imide groups is 2. The van der Waals surface area contributed by atoms with Crippen LogP contribution in [0.25, 0.3) is 10.8 Å². The number of nitrogens with one attached hydrogen (secondary N) is 4. The standard InChI is InChI=1S/C37H35N5O6/c1-22-14-15-25(21-28(22)34(45)39-20-18-24-9-4-8-23-7-2-3-10-26(23)24)40-31(43)13-6-19-38-29-12-5-11-27-33(29)37(48)42(36(27)47)30-16-17-32(44)41-35(30)46/h2-5,7-12,14-15,21,30,38H,6,13,16-20H2,1H3,(H,39,45)(H,40,43)(H,41,44,46). The SMILES string of the molecule is Cc1ccc(NC(=O)CCCNc2cccc3c2C(=O)N(C2CCC(=O)NC2=O)C3=O)cc1C(=O)NCCc1cccc2ccccc12. The lowest BCUT2D eigenvalue weighted by Crippen LogP contribution is -2.54. The minimum absolute atomic E-state index is 0.0423. The maximum atomic E-state index is 13.3. The Morgan fingerprint density at radius 3 is 2.52 bits per heavy atom. The first kappa shape index (κ1) is 32.1. The van der Waals surface area contributed by atoms with Gasteiger partial charge in [0.15, 0.2) is 0 Å². The molecule has 11 nitrogen and oxygen atoms in total. The molecule has 1 fully saturated rings. The van der Waals surface area contributed by atoms with Crippen LogP contribution in [0.5, 0.6) is 0 Å². The molecule has 4 aromatic rings. The smallest absolute Gasteiger partial charge is 0.264 e. The molecule has 48 heavy (non-hydrogen) atoms. The molecule has 0 spiro atoms. The lowest BCUT2D eigenvalue weighted by atomic mass is 10.0. The maximum Gasteiger partial charge on any atom is 0.264 e. The van der Waals surface area contributed by atoms with Gasteiger partial charge in [-0.2, -0.15) is 0 Å². The van der Waals surface area contributed by atoms with Gasteiger partial charge in [0.2, 0.25) is 17.7 Å². The summed E-state index contributed by atoms with van der Waals surface area (Å²) in [6.45, 7) is 2.65. The number of amides is 6. The Kier molecular flexibility index (Phi) is 9.29. The van der Waals surface area contributed by atoms with Gasteiger partial charge in [-0.05, 0) is 72.4 Å². The van der Waals surface area contributed by atoms with Crippen LogP contribution in [-0.2, 0) is 20.8 Å². The summed E-state index contributed by atoms with van der Waals surface area (Å²) in [7, 11) is 0. The van der Waals surface area contributed by atoms with Crippen LogP contribution < -0.4 is 21.3 Å². The van der Waals surface area contributed by atoms with Crippen molar-refractivity contribution in [3.8, 4) is 0 Å². The van der Waals surface area contributed by atoms with Crippen molar-refractivity contribution in [2.24, 2.45) is 0 Å². The second kappa shape index (κ2) is 13.9. The van der Waals surface area contributed by atoms with E-state index in [0.29, 0.717) is 42.9 Å². The van der Waals surface area contributed by atoms with E-state index in [1.54, 1.807) is 30.3 Å². The summed E-state index contributed by atoms with van der Waals surface area (Å²) in [6, 6.07) is 23.3. The highest BCUT2D eigenvalue weighted by Gasteiger charge is 2.45. The zero-order valence-electron chi connectivity index (χ0n) is 26.4. The molecule has 6 rings (SSSR count). The molecular formula is C37H35N5O6. The largest absolute Gasteiger partial charge is 0.384 e. The van der Waals surface area contributed by atoms with E-state index in [-0.39, 0.29) is 42.2 Å². The molecular weight excluding hydrogens is 610 g/mol. The van der Waals surface area contributed by atoms with Crippen LogP contribution in [0.1, 0.15) is 67.9 Å². The van der Waals surface area contributed by atoms with Crippen molar-refractivity contribution in [3.63, 3.8) is 0 Å². The van der Waals surface area contributed by atoms with Crippen molar-refractivity contribution in [3.05, 3.63) is 107 Å². The Labute approximate surface area is 277 Å². The predicted octanol–water partition coefficient (Wildman–Crippen LogP) is 4.35. The molecule has 1 saturated heterocycles. The van der Waals surface area contributed by atoms with E-state index < -0.39 is 29.7 Å². The van der Waals surface area contributed by atoms with Crippen molar-refractivity contribution in [2.45, 2.75) is 45.1 Å². The number of carbonyl (C=O) groups is 6. The Bertz CT molecular complexity index is 1970. The van der Waals surface area contributed by atoms with E-state index >= 15 is 0 Å². The van der Waals surface area contributed by atoms with Crippen LogP contribution in [0.15, 0.2) is 78.9 Å². The number of anilines is 2. The fourth-order valence-electron chi connectivity index (χ4n) is 6.22. The van der Waals surface area contributed by atoms with Gasteiger partial charge in [0.1, 0.15) is 6.04 Å². The Balaban J connectivity index is 0.999. The van der Waals surface area contributed by atoms with E-state index in [1.807, 2.05) is 25.1 Å². The zero-order chi connectivity index (χ0) is 33.8. The summed E-state index contributed by atoms with van der Waals surface area (Å²) < 4.78 is 0. The van der Waals surface area contributed by atoms with E-state index in [4.69, 9.17) is 0 Å². The maximum absolute atomic E-state index is 13.3. The molecule has 244 valence electrons. The van der Waals surface area contributed by atoms with Crippen LogP contribution in [0.3, 0.4) is 0 Å². The van der Waals surface area contributed by atoms with Gasteiger partial charge >= 0.3 is 0 Å². The van der Waals surface area contributed by atoms with E-state index in [1.165, 1.54) is 6.07 Å². The van der Waals surface area contributed by atoms with E-state index in [2.05, 4.69) is 45.5 Å². The third kappa shape index (κ3) is 6.66. The Morgan fingerprint density at radius 1 is 0.896 bits per heavy atom. The van der Waals surface area contributed by atoms with Crippen molar-refractivity contribution in [2.75, 3.05) is 23.7 Å². The number of aryl methyl sites for hydroxylation is 1. The molecule has 0 bridgehead atoms. The highest BCUT2D eigenvalue weighted by molar-refractivity contribution is 6.25. The van der Waals surface area contributed by atoms with Gasteiger partial charge in [0.25, 0.3) is 17.7 Å². The molecule has 4 N–H and O–H groups in total. The van der Waals surface area contributed by atoms with Crippen LogP contribution >= 0.6 is 0 Å². The second-order valence-corrected chi connectivity index (χ2v) is 11.9. The summed E-state index contributed by atoms with van der Waals surface area (Å²) in [5.41, 5.74) is 3.72. The number of benzene rings is 4. The highest BCUT2D eigenvalue weighted by atomic mass is 16.2. The third-order valence-electron chi connectivity index (χ3n) is 8.69. The van der Waals surface area contributed by atoms with Gasteiger partial charge in [0.05, 0.1) is 11.1 Å². The van der Waals surface area contributed by atoms with E-state index in [9.17, 15) is 28.8 Å². The van der Waals surface area contributed by atoms with Gasteiger partial charge in [0, 0.05) is 42.9 Å². The van der Waals surface area contributed by atoms with Gasteiger partial charge in [-0.3, -0.25) is 39.0 Å². The molecule has 0 aromatic heterocycles. The molecule has 0 radical (unpaired) electrons. The molecule has 6 amide bonds.